The molecule has 3 heterocycles. The van der Waals surface area contributed by atoms with Crippen LogP contribution in [0.2, 0.25) is 0 Å². The van der Waals surface area contributed by atoms with Gasteiger partial charge in [0.2, 0.25) is 0 Å². The average Bonchev–Trinajstić information content (AvgIpc) is 3.80. The van der Waals surface area contributed by atoms with E-state index >= 15 is 0 Å². The molecule has 0 radical (unpaired) electrons. The van der Waals surface area contributed by atoms with Crippen LogP contribution in [-0.4, -0.2) is 24.1 Å². The number of nitrogens with zero attached hydrogens (tertiary/aromatic N) is 5. The minimum atomic E-state index is 0.617. The summed E-state index contributed by atoms with van der Waals surface area (Å²) in [5.41, 5.74) is 9.43. The zero-order chi connectivity index (χ0) is 38.2. The van der Waals surface area contributed by atoms with Crippen LogP contribution in [0.1, 0.15) is 0 Å². The van der Waals surface area contributed by atoms with Gasteiger partial charge in [-0.25, -0.2) is 15.0 Å². The first-order valence-electron chi connectivity index (χ1n) is 19.6. The van der Waals surface area contributed by atoms with E-state index in [0.717, 1.165) is 71.7 Å². The van der Waals surface area contributed by atoms with Gasteiger partial charge >= 0.3 is 0 Å². The fourth-order valence-corrected chi connectivity index (χ4v) is 8.98. The molecule has 0 amide bonds. The summed E-state index contributed by atoms with van der Waals surface area (Å²) in [7, 11) is 0. The van der Waals surface area contributed by atoms with Gasteiger partial charge in [0.15, 0.2) is 17.5 Å². The maximum absolute atomic E-state index is 5.52. The Morgan fingerprint density at radius 1 is 0.328 bits per heavy atom. The molecule has 12 aromatic rings. The van der Waals surface area contributed by atoms with Gasteiger partial charge in [-0.1, -0.05) is 152 Å². The van der Waals surface area contributed by atoms with Crippen molar-refractivity contribution in [1.29, 1.82) is 0 Å². The molecule has 0 atom stereocenters. The second-order valence-electron chi connectivity index (χ2n) is 14.8. The van der Waals surface area contributed by atoms with Crippen LogP contribution in [0, 0.1) is 0 Å². The molecule has 0 aliphatic carbocycles. The molecule has 5 nitrogen and oxygen atoms in total. The first kappa shape index (κ1) is 32.4. The molecule has 0 N–H and O–H groups in total. The lowest BCUT2D eigenvalue weighted by atomic mass is 10.0. The van der Waals surface area contributed by atoms with E-state index in [1.807, 2.05) is 18.2 Å². The second-order valence-corrected chi connectivity index (χ2v) is 14.8. The maximum atomic E-state index is 5.52. The number of aromatic nitrogens is 5. The zero-order valence-electron chi connectivity index (χ0n) is 31.3. The van der Waals surface area contributed by atoms with E-state index < -0.39 is 0 Å². The van der Waals surface area contributed by atoms with Crippen molar-refractivity contribution < 1.29 is 0 Å². The van der Waals surface area contributed by atoms with Crippen LogP contribution < -0.4 is 0 Å². The number of para-hydroxylation sites is 3. The lowest BCUT2D eigenvalue weighted by Crippen LogP contribution is -2.04. The highest BCUT2D eigenvalue weighted by atomic mass is 15.1. The van der Waals surface area contributed by atoms with Gasteiger partial charge in [-0.05, 0) is 70.1 Å². The van der Waals surface area contributed by atoms with E-state index in [0.29, 0.717) is 17.5 Å². The third-order valence-electron chi connectivity index (χ3n) is 11.5. The predicted molar refractivity (Wildman–Crippen MR) is 240 cm³/mol. The van der Waals surface area contributed by atoms with E-state index in [9.17, 15) is 0 Å². The molecule has 9 aromatic carbocycles. The molecule has 270 valence electrons. The summed E-state index contributed by atoms with van der Waals surface area (Å²) in [5.74, 6) is 1.86. The molecule has 0 aliphatic rings. The third-order valence-corrected chi connectivity index (χ3v) is 11.5. The topological polar surface area (TPSA) is 48.5 Å². The van der Waals surface area contributed by atoms with Gasteiger partial charge in [-0.15, -0.1) is 0 Å². The monoisotopic (exact) mass is 739 g/mol. The maximum Gasteiger partial charge on any atom is 0.166 e. The molecule has 12 rings (SSSR count). The van der Waals surface area contributed by atoms with Crippen LogP contribution in [0.4, 0.5) is 0 Å². The predicted octanol–water partition coefficient (Wildman–Crippen LogP) is 13.4. The minimum absolute atomic E-state index is 0.617. The Morgan fingerprint density at radius 3 is 1.71 bits per heavy atom. The Labute approximate surface area is 333 Å². The first-order chi connectivity index (χ1) is 28.8. The van der Waals surface area contributed by atoms with Crippen LogP contribution in [0.5, 0.6) is 0 Å². The Bertz CT molecular complexity index is 3560. The van der Waals surface area contributed by atoms with Crippen molar-refractivity contribution in [3.63, 3.8) is 0 Å². The van der Waals surface area contributed by atoms with E-state index in [1.54, 1.807) is 0 Å². The zero-order valence-corrected chi connectivity index (χ0v) is 31.3. The highest BCUT2D eigenvalue weighted by Gasteiger charge is 2.23. The van der Waals surface area contributed by atoms with Gasteiger partial charge in [0.1, 0.15) is 0 Å². The van der Waals surface area contributed by atoms with Gasteiger partial charge in [-0.3, -0.25) is 0 Å². The molecule has 0 fully saturated rings. The third kappa shape index (κ3) is 4.93. The van der Waals surface area contributed by atoms with Crippen LogP contribution in [0.15, 0.2) is 200 Å². The molecule has 3 aromatic heterocycles. The Kier molecular flexibility index (Phi) is 7.16. The smallest absolute Gasteiger partial charge is 0.166 e. The summed E-state index contributed by atoms with van der Waals surface area (Å²) in [5, 5.41) is 9.24. The molecule has 58 heavy (non-hydrogen) atoms. The van der Waals surface area contributed by atoms with Crippen molar-refractivity contribution in [3.05, 3.63) is 200 Å². The van der Waals surface area contributed by atoms with E-state index in [1.165, 1.54) is 21.5 Å². The van der Waals surface area contributed by atoms with Crippen molar-refractivity contribution >= 4 is 65.2 Å². The van der Waals surface area contributed by atoms with Gasteiger partial charge in [0.05, 0.1) is 33.3 Å². The molecule has 0 unspecified atom stereocenters. The van der Waals surface area contributed by atoms with Crippen LogP contribution >= 0.6 is 0 Å². The molecule has 0 spiro atoms. The standard InChI is InChI=1S/C53H33N5/c1-3-17-35(18-4-1)51-54-52(42-26-15-29-46-49(42)41-25-12-14-28-45(41)57(46)38-21-5-2-6-22-38)56-53(55-51)50-39-23-10-9-16-34(39)30-31-47(50)58-44-27-13-11-24-40(44)43-32-36-19-7-8-20-37(36)33-48(43)58/h1-33H. The second kappa shape index (κ2) is 12.8. The molecular formula is C53H33N5. The molecule has 0 saturated carbocycles. The normalized spacial score (nSPS) is 11.8. The van der Waals surface area contributed by atoms with E-state index in [2.05, 4.69) is 191 Å². The van der Waals surface area contributed by atoms with Crippen molar-refractivity contribution in [1.82, 2.24) is 24.1 Å². The lowest BCUT2D eigenvalue weighted by Gasteiger charge is -2.17. The molecule has 0 saturated heterocycles. The largest absolute Gasteiger partial charge is 0.309 e. The van der Waals surface area contributed by atoms with E-state index in [4.69, 9.17) is 15.0 Å². The minimum Gasteiger partial charge on any atom is -0.309 e. The lowest BCUT2D eigenvalue weighted by molar-refractivity contribution is 1.07. The summed E-state index contributed by atoms with van der Waals surface area (Å²) in [4.78, 5) is 16.2. The van der Waals surface area contributed by atoms with Crippen LogP contribution in [-0.2, 0) is 0 Å². The van der Waals surface area contributed by atoms with Gasteiger partial charge in [-0.2, -0.15) is 0 Å². The first-order valence-corrected chi connectivity index (χ1v) is 19.6. The summed E-state index contributed by atoms with van der Waals surface area (Å²) in [6.45, 7) is 0. The number of rotatable bonds is 5. The summed E-state index contributed by atoms with van der Waals surface area (Å²) < 4.78 is 4.74. The highest BCUT2D eigenvalue weighted by molar-refractivity contribution is 6.16. The summed E-state index contributed by atoms with van der Waals surface area (Å²) in [6, 6.07) is 70.8. The fourth-order valence-electron chi connectivity index (χ4n) is 8.98. The molecular weight excluding hydrogens is 707 g/mol. The van der Waals surface area contributed by atoms with Gasteiger partial charge in [0.25, 0.3) is 0 Å². The summed E-state index contributed by atoms with van der Waals surface area (Å²) in [6.07, 6.45) is 0. The van der Waals surface area contributed by atoms with Crippen LogP contribution in [0.3, 0.4) is 0 Å². The highest BCUT2D eigenvalue weighted by Crippen LogP contribution is 2.42. The van der Waals surface area contributed by atoms with Crippen molar-refractivity contribution in [2.24, 2.45) is 0 Å². The number of hydrogen-bond donors (Lipinski definition) is 0. The van der Waals surface area contributed by atoms with Crippen molar-refractivity contribution in [3.8, 4) is 45.5 Å². The Hall–Kier alpha value is -7.89. The van der Waals surface area contributed by atoms with E-state index in [-0.39, 0.29) is 0 Å². The Morgan fingerprint density at radius 2 is 0.914 bits per heavy atom. The number of hydrogen-bond acceptors (Lipinski definition) is 3. The van der Waals surface area contributed by atoms with Gasteiger partial charge < -0.3 is 9.13 Å². The van der Waals surface area contributed by atoms with Crippen molar-refractivity contribution in [2.45, 2.75) is 0 Å². The Balaban J connectivity index is 1.20. The average molecular weight is 740 g/mol. The molecule has 0 aliphatic heterocycles. The molecule has 5 heteroatoms. The number of benzene rings is 9. The molecule has 0 bridgehead atoms. The quantitative estimate of drug-likeness (QED) is 0.177. The summed E-state index contributed by atoms with van der Waals surface area (Å²) >= 11 is 0. The number of fused-ring (bicyclic) bond motifs is 8. The SMILES string of the molecule is c1ccc(-c2nc(-c3c(-n4c5ccccc5c5cc6ccccc6cc54)ccc4ccccc34)nc(-c3cccc4c3c3ccccc3n4-c3ccccc3)n2)cc1. The van der Waals surface area contributed by atoms with Crippen molar-refractivity contribution in [2.75, 3.05) is 0 Å². The fraction of sp³-hybridized carbons (Fsp3) is 0. The van der Waals surface area contributed by atoms with Gasteiger partial charge in [0, 0.05) is 38.4 Å². The van der Waals surface area contributed by atoms with Crippen LogP contribution in [0.25, 0.3) is 111 Å².